The lowest BCUT2D eigenvalue weighted by Crippen LogP contribution is -2.39. The standard InChI is InChI=1S/C20H26N2O4/c1-13(2)26-16-8-6-15(7-9-16)17-18(20(25)21(3)19(17)24)22-10-4-5-14(11-22)12-23/h6-9,13-14,23H,4-5,10-12H2,1-3H3. The van der Waals surface area contributed by atoms with E-state index < -0.39 is 0 Å². The Morgan fingerprint density at radius 1 is 1.19 bits per heavy atom. The van der Waals surface area contributed by atoms with Crippen molar-refractivity contribution in [2.24, 2.45) is 5.92 Å². The number of ether oxygens (including phenoxy) is 1. The zero-order chi connectivity index (χ0) is 18.8. The Hall–Kier alpha value is -2.34. The Balaban J connectivity index is 1.97. The largest absolute Gasteiger partial charge is 0.491 e. The highest BCUT2D eigenvalue weighted by Crippen LogP contribution is 2.33. The molecule has 2 amide bonds. The third-order valence-corrected chi connectivity index (χ3v) is 4.87. The second kappa shape index (κ2) is 7.50. The first-order valence-electron chi connectivity index (χ1n) is 9.12. The van der Waals surface area contributed by atoms with Crippen LogP contribution in [0.3, 0.4) is 0 Å². The summed E-state index contributed by atoms with van der Waals surface area (Å²) in [5, 5.41) is 9.49. The molecule has 1 aromatic carbocycles. The molecule has 2 aliphatic rings. The zero-order valence-corrected chi connectivity index (χ0v) is 15.6. The first-order chi connectivity index (χ1) is 12.4. The van der Waals surface area contributed by atoms with Crippen molar-refractivity contribution in [2.45, 2.75) is 32.8 Å². The number of amides is 2. The van der Waals surface area contributed by atoms with Crippen molar-refractivity contribution in [1.29, 1.82) is 0 Å². The van der Waals surface area contributed by atoms with E-state index in [0.717, 1.165) is 25.1 Å². The molecular weight excluding hydrogens is 332 g/mol. The van der Waals surface area contributed by atoms with Crippen LogP contribution in [0.4, 0.5) is 0 Å². The number of nitrogens with zero attached hydrogens (tertiary/aromatic N) is 2. The maximum absolute atomic E-state index is 12.7. The van der Waals surface area contributed by atoms with Gasteiger partial charge in [0.1, 0.15) is 11.4 Å². The van der Waals surface area contributed by atoms with E-state index in [1.54, 1.807) is 0 Å². The van der Waals surface area contributed by atoms with Crippen LogP contribution in [0, 0.1) is 5.92 Å². The van der Waals surface area contributed by atoms with Gasteiger partial charge in [0, 0.05) is 26.7 Å². The highest BCUT2D eigenvalue weighted by atomic mass is 16.5. The summed E-state index contributed by atoms with van der Waals surface area (Å²) in [6.07, 6.45) is 1.91. The Morgan fingerprint density at radius 2 is 1.88 bits per heavy atom. The van der Waals surface area contributed by atoms with Gasteiger partial charge in [0.2, 0.25) is 0 Å². The summed E-state index contributed by atoms with van der Waals surface area (Å²) in [6, 6.07) is 7.29. The van der Waals surface area contributed by atoms with Gasteiger partial charge < -0.3 is 14.7 Å². The molecule has 1 fully saturated rings. The summed E-state index contributed by atoms with van der Waals surface area (Å²) >= 11 is 0. The van der Waals surface area contributed by atoms with Gasteiger partial charge in [-0.15, -0.1) is 0 Å². The number of imide groups is 1. The highest BCUT2D eigenvalue weighted by Gasteiger charge is 2.40. The van der Waals surface area contributed by atoms with Crippen molar-refractivity contribution >= 4 is 17.4 Å². The van der Waals surface area contributed by atoms with Gasteiger partial charge in [-0.1, -0.05) is 12.1 Å². The fourth-order valence-electron chi connectivity index (χ4n) is 3.57. The van der Waals surface area contributed by atoms with Crippen molar-refractivity contribution in [3.8, 4) is 5.75 Å². The second-order valence-corrected chi connectivity index (χ2v) is 7.22. The molecule has 0 aromatic heterocycles. The fraction of sp³-hybridized carbons (Fsp3) is 0.500. The van der Waals surface area contributed by atoms with E-state index in [1.807, 2.05) is 43.0 Å². The van der Waals surface area contributed by atoms with E-state index >= 15 is 0 Å². The topological polar surface area (TPSA) is 70.1 Å². The quantitative estimate of drug-likeness (QED) is 0.814. The second-order valence-electron chi connectivity index (χ2n) is 7.22. The summed E-state index contributed by atoms with van der Waals surface area (Å²) in [7, 11) is 1.52. The Bertz CT molecular complexity index is 724. The molecule has 0 saturated carbocycles. The minimum absolute atomic E-state index is 0.0696. The summed E-state index contributed by atoms with van der Waals surface area (Å²) < 4.78 is 5.66. The number of hydrogen-bond acceptors (Lipinski definition) is 5. The molecule has 2 aliphatic heterocycles. The van der Waals surface area contributed by atoms with Crippen LogP contribution >= 0.6 is 0 Å². The molecule has 1 N–H and O–H groups in total. The van der Waals surface area contributed by atoms with Crippen molar-refractivity contribution in [3.05, 3.63) is 35.5 Å². The smallest absolute Gasteiger partial charge is 0.277 e. The monoisotopic (exact) mass is 358 g/mol. The number of hydrogen-bond donors (Lipinski definition) is 1. The van der Waals surface area contributed by atoms with Crippen LogP contribution in [0.1, 0.15) is 32.3 Å². The average Bonchev–Trinajstić information content (AvgIpc) is 2.86. The average molecular weight is 358 g/mol. The summed E-state index contributed by atoms with van der Waals surface area (Å²) in [6.45, 7) is 5.32. The van der Waals surface area contributed by atoms with Crippen LogP contribution in [0.2, 0.25) is 0 Å². The predicted molar refractivity (Wildman–Crippen MR) is 98.3 cm³/mol. The van der Waals surface area contributed by atoms with Crippen molar-refractivity contribution < 1.29 is 19.4 Å². The number of benzene rings is 1. The van der Waals surface area contributed by atoms with Crippen LogP contribution in [0.5, 0.6) is 5.75 Å². The van der Waals surface area contributed by atoms with E-state index in [1.165, 1.54) is 11.9 Å². The van der Waals surface area contributed by atoms with Crippen LogP contribution in [-0.4, -0.2) is 59.6 Å². The van der Waals surface area contributed by atoms with Crippen molar-refractivity contribution in [1.82, 2.24) is 9.80 Å². The van der Waals surface area contributed by atoms with E-state index in [2.05, 4.69) is 0 Å². The molecule has 1 aromatic rings. The van der Waals surface area contributed by atoms with Crippen LogP contribution in [-0.2, 0) is 9.59 Å². The third-order valence-electron chi connectivity index (χ3n) is 4.87. The lowest BCUT2D eigenvalue weighted by atomic mass is 9.97. The number of carbonyl (C=O) groups excluding carboxylic acids is 2. The molecule has 6 nitrogen and oxygen atoms in total. The summed E-state index contributed by atoms with van der Waals surface area (Å²) in [5.41, 5.74) is 1.60. The normalized spacial score (nSPS) is 21.2. The maximum Gasteiger partial charge on any atom is 0.277 e. The van der Waals surface area contributed by atoms with Gasteiger partial charge in [-0.3, -0.25) is 14.5 Å². The van der Waals surface area contributed by atoms with Crippen molar-refractivity contribution in [3.63, 3.8) is 0 Å². The fourth-order valence-corrected chi connectivity index (χ4v) is 3.57. The molecule has 0 bridgehead atoms. The maximum atomic E-state index is 12.7. The molecule has 1 atom stereocenters. The lowest BCUT2D eigenvalue weighted by Gasteiger charge is -2.34. The molecule has 140 valence electrons. The van der Waals surface area contributed by atoms with Gasteiger partial charge in [0.15, 0.2) is 0 Å². The lowest BCUT2D eigenvalue weighted by molar-refractivity contribution is -0.136. The Morgan fingerprint density at radius 3 is 2.50 bits per heavy atom. The van der Waals surface area contributed by atoms with E-state index in [9.17, 15) is 14.7 Å². The minimum atomic E-state index is -0.284. The van der Waals surface area contributed by atoms with Gasteiger partial charge in [0.05, 0.1) is 11.7 Å². The molecule has 3 rings (SSSR count). The molecule has 26 heavy (non-hydrogen) atoms. The van der Waals surface area contributed by atoms with Crippen molar-refractivity contribution in [2.75, 3.05) is 26.7 Å². The predicted octanol–water partition coefficient (Wildman–Crippen LogP) is 1.89. The van der Waals surface area contributed by atoms with E-state index in [0.29, 0.717) is 23.4 Å². The van der Waals surface area contributed by atoms with Gasteiger partial charge in [0.25, 0.3) is 11.8 Å². The van der Waals surface area contributed by atoms with Crippen LogP contribution in [0.25, 0.3) is 5.57 Å². The highest BCUT2D eigenvalue weighted by molar-refractivity contribution is 6.35. The van der Waals surface area contributed by atoms with E-state index in [-0.39, 0.29) is 30.4 Å². The van der Waals surface area contributed by atoms with Gasteiger partial charge in [-0.25, -0.2) is 0 Å². The number of likely N-dealkylation sites (tertiary alicyclic amines) is 1. The molecule has 1 saturated heterocycles. The zero-order valence-electron chi connectivity index (χ0n) is 15.6. The molecule has 1 unspecified atom stereocenters. The van der Waals surface area contributed by atoms with Crippen LogP contribution < -0.4 is 4.74 Å². The molecule has 2 heterocycles. The molecule has 0 radical (unpaired) electrons. The van der Waals surface area contributed by atoms with Gasteiger partial charge in [-0.05, 0) is 50.3 Å². The SMILES string of the molecule is CC(C)Oc1ccc(C2=C(N3CCCC(CO)C3)C(=O)N(C)C2=O)cc1. The molecule has 6 heteroatoms. The summed E-state index contributed by atoms with van der Waals surface area (Å²) in [5.74, 6) is 0.308. The van der Waals surface area contributed by atoms with E-state index in [4.69, 9.17) is 4.74 Å². The minimum Gasteiger partial charge on any atom is -0.491 e. The molecular formula is C20H26N2O4. The molecule has 0 spiro atoms. The molecule has 0 aliphatic carbocycles. The number of piperidine rings is 1. The first-order valence-corrected chi connectivity index (χ1v) is 9.12. The number of likely N-dealkylation sites (N-methyl/N-ethyl adjacent to an activating group) is 1. The van der Waals surface area contributed by atoms with Gasteiger partial charge >= 0.3 is 0 Å². The Labute approximate surface area is 154 Å². The number of aliphatic hydroxyl groups excluding tert-OH is 1. The summed E-state index contributed by atoms with van der Waals surface area (Å²) in [4.78, 5) is 28.6. The Kier molecular flexibility index (Phi) is 5.32. The van der Waals surface area contributed by atoms with Crippen LogP contribution in [0.15, 0.2) is 30.0 Å². The third kappa shape index (κ3) is 3.46. The van der Waals surface area contributed by atoms with Gasteiger partial charge in [-0.2, -0.15) is 0 Å². The number of rotatable bonds is 5. The number of carbonyl (C=O) groups is 2. The first kappa shape index (κ1) is 18.5. The number of aliphatic hydroxyl groups is 1.